The summed E-state index contributed by atoms with van der Waals surface area (Å²) < 4.78 is 14.7. The molecular formula is C23H23FS. The summed E-state index contributed by atoms with van der Waals surface area (Å²) in [4.78, 5) is 2.14. The van der Waals surface area contributed by atoms with Gasteiger partial charge in [-0.15, -0.1) is 11.3 Å². The van der Waals surface area contributed by atoms with Gasteiger partial charge in [-0.2, -0.15) is 0 Å². The molecule has 0 saturated heterocycles. The fraction of sp³-hybridized carbons (Fsp3) is 0.217. The van der Waals surface area contributed by atoms with E-state index >= 15 is 0 Å². The molecule has 0 aliphatic heterocycles. The third-order valence-electron chi connectivity index (χ3n) is 4.29. The lowest BCUT2D eigenvalue weighted by molar-refractivity contribution is 0.632. The van der Waals surface area contributed by atoms with Gasteiger partial charge < -0.3 is 0 Å². The Morgan fingerprint density at radius 3 is 2.36 bits per heavy atom. The summed E-state index contributed by atoms with van der Waals surface area (Å²) >= 11 is 1.63. The first-order chi connectivity index (χ1) is 12.2. The van der Waals surface area contributed by atoms with Gasteiger partial charge in [-0.25, -0.2) is 4.39 Å². The van der Waals surface area contributed by atoms with Gasteiger partial charge >= 0.3 is 0 Å². The summed E-state index contributed by atoms with van der Waals surface area (Å²) in [6, 6.07) is 17.9. The van der Waals surface area contributed by atoms with Crippen molar-refractivity contribution in [1.29, 1.82) is 0 Å². The maximum atomic E-state index is 14.7. The number of aryl methyl sites for hydroxylation is 1. The zero-order valence-corrected chi connectivity index (χ0v) is 15.6. The average molecular weight is 351 g/mol. The molecule has 0 unspecified atom stereocenters. The molecule has 0 fully saturated rings. The molecule has 25 heavy (non-hydrogen) atoms. The van der Waals surface area contributed by atoms with Crippen LogP contribution in [0.3, 0.4) is 0 Å². The maximum absolute atomic E-state index is 14.7. The summed E-state index contributed by atoms with van der Waals surface area (Å²) in [6.07, 6.45) is 7.53. The Kier molecular flexibility index (Phi) is 5.83. The topological polar surface area (TPSA) is 0 Å². The van der Waals surface area contributed by atoms with Gasteiger partial charge in [-0.05, 0) is 59.9 Å². The van der Waals surface area contributed by atoms with E-state index in [1.807, 2.05) is 18.2 Å². The summed E-state index contributed by atoms with van der Waals surface area (Å²) in [5, 5.41) is 0. The molecular weight excluding hydrogens is 327 g/mol. The quantitative estimate of drug-likeness (QED) is 0.429. The van der Waals surface area contributed by atoms with Crippen molar-refractivity contribution in [3.05, 3.63) is 76.9 Å². The molecule has 2 aromatic carbocycles. The zero-order valence-electron chi connectivity index (χ0n) is 14.8. The summed E-state index contributed by atoms with van der Waals surface area (Å²) in [6.45, 7) is 4.30. The van der Waals surface area contributed by atoms with Crippen LogP contribution in [0.5, 0.6) is 0 Å². The van der Waals surface area contributed by atoms with Crippen LogP contribution in [0.15, 0.2) is 60.7 Å². The van der Waals surface area contributed by atoms with Crippen LogP contribution < -0.4 is 0 Å². The van der Waals surface area contributed by atoms with Crippen LogP contribution in [0.25, 0.3) is 27.6 Å². The molecule has 1 aromatic heterocycles. The van der Waals surface area contributed by atoms with Gasteiger partial charge in [-0.3, -0.25) is 0 Å². The Bertz CT molecular complexity index is 856. The Hall–Kier alpha value is -2.19. The standard InChI is InChI=1S/C23H23FS/c1-3-5-6-7-20-13-15-23(25-20)21-14-12-19(16-22(21)24)18-10-8-17(4-2)9-11-18/h6-16H,3-5H2,1-2H3/b7-6+. The molecule has 0 radical (unpaired) electrons. The Balaban J connectivity index is 1.84. The van der Waals surface area contributed by atoms with E-state index in [4.69, 9.17) is 0 Å². The maximum Gasteiger partial charge on any atom is 0.132 e. The fourth-order valence-electron chi connectivity index (χ4n) is 2.78. The van der Waals surface area contributed by atoms with Gasteiger partial charge in [0.15, 0.2) is 0 Å². The van der Waals surface area contributed by atoms with E-state index in [1.165, 1.54) is 10.4 Å². The second-order valence-electron chi connectivity index (χ2n) is 6.14. The van der Waals surface area contributed by atoms with Crippen LogP contribution in [-0.2, 0) is 6.42 Å². The lowest BCUT2D eigenvalue weighted by Crippen LogP contribution is -1.86. The number of hydrogen-bond acceptors (Lipinski definition) is 1. The van der Waals surface area contributed by atoms with Crippen LogP contribution in [0, 0.1) is 5.82 Å². The van der Waals surface area contributed by atoms with Gasteiger partial charge in [-0.1, -0.05) is 56.7 Å². The number of hydrogen-bond donors (Lipinski definition) is 0. The van der Waals surface area contributed by atoms with E-state index in [9.17, 15) is 4.39 Å². The van der Waals surface area contributed by atoms with E-state index in [0.29, 0.717) is 5.56 Å². The lowest BCUT2D eigenvalue weighted by atomic mass is 10.0. The first-order valence-corrected chi connectivity index (χ1v) is 9.68. The van der Waals surface area contributed by atoms with Crippen molar-refractivity contribution in [3.63, 3.8) is 0 Å². The number of thiophene rings is 1. The van der Waals surface area contributed by atoms with Gasteiger partial charge in [0.05, 0.1) is 0 Å². The van der Waals surface area contributed by atoms with Crippen LogP contribution >= 0.6 is 11.3 Å². The fourth-order valence-corrected chi connectivity index (χ4v) is 3.75. The monoisotopic (exact) mass is 350 g/mol. The number of unbranched alkanes of at least 4 members (excludes halogenated alkanes) is 1. The van der Waals surface area contributed by atoms with Crippen molar-refractivity contribution < 1.29 is 4.39 Å². The number of allylic oxidation sites excluding steroid dienone is 1. The van der Waals surface area contributed by atoms with Crippen molar-refractivity contribution in [2.24, 2.45) is 0 Å². The Morgan fingerprint density at radius 2 is 1.68 bits per heavy atom. The third-order valence-corrected chi connectivity index (χ3v) is 5.38. The van der Waals surface area contributed by atoms with E-state index in [2.05, 4.69) is 56.3 Å². The molecule has 2 heteroatoms. The van der Waals surface area contributed by atoms with Gasteiger partial charge in [0.1, 0.15) is 5.82 Å². The molecule has 0 saturated carbocycles. The molecule has 3 aromatic rings. The largest absolute Gasteiger partial charge is 0.206 e. The molecule has 0 aliphatic rings. The van der Waals surface area contributed by atoms with Gasteiger partial charge in [0, 0.05) is 15.3 Å². The van der Waals surface area contributed by atoms with Crippen LogP contribution in [-0.4, -0.2) is 0 Å². The van der Waals surface area contributed by atoms with E-state index in [-0.39, 0.29) is 5.82 Å². The molecule has 0 atom stereocenters. The van der Waals surface area contributed by atoms with Crippen molar-refractivity contribution in [2.75, 3.05) is 0 Å². The summed E-state index contributed by atoms with van der Waals surface area (Å²) in [7, 11) is 0. The highest BCUT2D eigenvalue weighted by Crippen LogP contribution is 2.33. The van der Waals surface area contributed by atoms with Gasteiger partial charge in [0.25, 0.3) is 0 Å². The normalized spacial score (nSPS) is 11.3. The minimum Gasteiger partial charge on any atom is -0.206 e. The van der Waals surface area contributed by atoms with E-state index < -0.39 is 0 Å². The number of halogens is 1. The molecule has 3 rings (SSSR count). The van der Waals surface area contributed by atoms with Crippen molar-refractivity contribution >= 4 is 17.4 Å². The van der Waals surface area contributed by atoms with Crippen molar-refractivity contribution in [3.8, 4) is 21.6 Å². The van der Waals surface area contributed by atoms with Crippen LogP contribution in [0.1, 0.15) is 37.1 Å². The van der Waals surface area contributed by atoms with Crippen molar-refractivity contribution in [1.82, 2.24) is 0 Å². The third kappa shape index (κ3) is 4.26. The minimum atomic E-state index is -0.164. The SMILES string of the molecule is CCC/C=C/c1ccc(-c2ccc(-c3ccc(CC)cc3)cc2F)s1. The highest BCUT2D eigenvalue weighted by Gasteiger charge is 2.09. The Labute approximate surface area is 153 Å². The molecule has 1 heterocycles. The molecule has 0 spiro atoms. The van der Waals surface area contributed by atoms with E-state index in [0.717, 1.165) is 35.3 Å². The highest BCUT2D eigenvalue weighted by atomic mass is 32.1. The summed E-state index contributed by atoms with van der Waals surface area (Å²) in [5.74, 6) is -0.164. The van der Waals surface area contributed by atoms with E-state index in [1.54, 1.807) is 17.4 Å². The smallest absolute Gasteiger partial charge is 0.132 e. The summed E-state index contributed by atoms with van der Waals surface area (Å²) in [5.41, 5.74) is 3.94. The minimum absolute atomic E-state index is 0.164. The zero-order chi connectivity index (χ0) is 17.6. The second-order valence-corrected chi connectivity index (χ2v) is 7.25. The second kappa shape index (κ2) is 8.26. The molecule has 0 N–H and O–H groups in total. The molecule has 0 aliphatic carbocycles. The van der Waals surface area contributed by atoms with Crippen LogP contribution in [0.4, 0.5) is 4.39 Å². The number of rotatable bonds is 6. The molecule has 0 nitrogen and oxygen atoms in total. The number of benzene rings is 2. The first kappa shape index (κ1) is 17.6. The molecule has 0 amide bonds. The average Bonchev–Trinajstić information content (AvgIpc) is 3.10. The van der Waals surface area contributed by atoms with Crippen molar-refractivity contribution in [2.45, 2.75) is 33.1 Å². The lowest BCUT2D eigenvalue weighted by Gasteiger charge is -2.06. The first-order valence-electron chi connectivity index (χ1n) is 8.87. The van der Waals surface area contributed by atoms with Crippen LogP contribution in [0.2, 0.25) is 0 Å². The predicted molar refractivity (Wildman–Crippen MR) is 108 cm³/mol. The van der Waals surface area contributed by atoms with Gasteiger partial charge in [0.2, 0.25) is 0 Å². The molecule has 128 valence electrons. The Morgan fingerprint density at radius 1 is 0.920 bits per heavy atom. The predicted octanol–water partition coefficient (Wildman–Crippen LogP) is 7.60. The molecule has 0 bridgehead atoms. The highest BCUT2D eigenvalue weighted by molar-refractivity contribution is 7.16.